The van der Waals surface area contributed by atoms with Crippen molar-refractivity contribution in [3.63, 3.8) is 0 Å². The van der Waals surface area contributed by atoms with Gasteiger partial charge in [-0.05, 0) is 24.6 Å². The van der Waals surface area contributed by atoms with Gasteiger partial charge in [-0.25, -0.2) is 0 Å². The molecule has 2 fully saturated rings. The summed E-state index contributed by atoms with van der Waals surface area (Å²) in [5.41, 5.74) is 8.63. The molecule has 2 saturated heterocycles. The SMILES string of the molecule is CN1CCN(Cc2cccc3c2C(=O)N(C2CCC(=O)NC2=O)C3)C(CN)C1. The van der Waals surface area contributed by atoms with Crippen LogP contribution in [0.5, 0.6) is 0 Å². The zero-order chi connectivity index (χ0) is 19.8. The molecule has 3 aliphatic heterocycles. The molecule has 3 N–H and O–H groups in total. The number of hydrogen-bond acceptors (Lipinski definition) is 6. The van der Waals surface area contributed by atoms with Crippen molar-refractivity contribution in [1.29, 1.82) is 0 Å². The van der Waals surface area contributed by atoms with E-state index in [1.165, 1.54) is 0 Å². The van der Waals surface area contributed by atoms with Crippen LogP contribution >= 0.6 is 0 Å². The molecule has 150 valence electrons. The first-order chi connectivity index (χ1) is 13.5. The van der Waals surface area contributed by atoms with Crippen LogP contribution in [0.1, 0.15) is 34.3 Å². The molecule has 0 aromatic heterocycles. The second kappa shape index (κ2) is 7.62. The number of amides is 3. The number of carbonyl (C=O) groups excluding carboxylic acids is 3. The molecule has 1 aromatic rings. The smallest absolute Gasteiger partial charge is 0.255 e. The molecule has 3 heterocycles. The molecule has 8 heteroatoms. The van der Waals surface area contributed by atoms with Crippen LogP contribution in [0.3, 0.4) is 0 Å². The predicted octanol–water partition coefficient (Wildman–Crippen LogP) is -0.478. The lowest BCUT2D eigenvalue weighted by Crippen LogP contribution is -2.54. The number of nitrogens with zero attached hydrogens (tertiary/aromatic N) is 3. The highest BCUT2D eigenvalue weighted by molar-refractivity contribution is 6.05. The fourth-order valence-electron chi connectivity index (χ4n) is 4.52. The van der Waals surface area contributed by atoms with Gasteiger partial charge in [-0.1, -0.05) is 18.2 Å². The maximum atomic E-state index is 13.2. The van der Waals surface area contributed by atoms with Crippen LogP contribution in [0.2, 0.25) is 0 Å². The minimum atomic E-state index is -0.578. The molecule has 3 amide bonds. The van der Waals surface area contributed by atoms with Gasteiger partial charge in [0, 0.05) is 57.3 Å². The van der Waals surface area contributed by atoms with Gasteiger partial charge in [0.15, 0.2) is 0 Å². The zero-order valence-electron chi connectivity index (χ0n) is 16.2. The number of piperidine rings is 1. The van der Waals surface area contributed by atoms with E-state index < -0.39 is 6.04 Å². The normalized spacial score (nSPS) is 26.5. The molecule has 2 atom stereocenters. The van der Waals surface area contributed by atoms with E-state index in [0.29, 0.717) is 31.6 Å². The van der Waals surface area contributed by atoms with Crippen LogP contribution in [0.25, 0.3) is 0 Å². The van der Waals surface area contributed by atoms with Crippen LogP contribution in [0.4, 0.5) is 0 Å². The number of likely N-dealkylation sites (N-methyl/N-ethyl adjacent to an activating group) is 1. The van der Waals surface area contributed by atoms with E-state index in [0.717, 1.165) is 30.8 Å². The van der Waals surface area contributed by atoms with Crippen molar-refractivity contribution in [2.45, 2.75) is 38.0 Å². The van der Waals surface area contributed by atoms with Crippen molar-refractivity contribution in [3.8, 4) is 0 Å². The maximum Gasteiger partial charge on any atom is 0.255 e. The number of nitrogens with two attached hydrogens (primary N) is 1. The van der Waals surface area contributed by atoms with Gasteiger partial charge in [-0.15, -0.1) is 0 Å². The molecule has 0 spiro atoms. The Morgan fingerprint density at radius 2 is 2.04 bits per heavy atom. The molecule has 0 aliphatic carbocycles. The Labute approximate surface area is 164 Å². The van der Waals surface area contributed by atoms with Crippen LogP contribution in [0, 0.1) is 0 Å². The summed E-state index contributed by atoms with van der Waals surface area (Å²) in [6.07, 6.45) is 0.649. The fourth-order valence-corrected chi connectivity index (χ4v) is 4.52. The molecular weight excluding hydrogens is 358 g/mol. The van der Waals surface area contributed by atoms with Crippen molar-refractivity contribution in [2.24, 2.45) is 5.73 Å². The highest BCUT2D eigenvalue weighted by Gasteiger charge is 2.40. The number of hydrogen-bond donors (Lipinski definition) is 2. The highest BCUT2D eigenvalue weighted by atomic mass is 16.2. The van der Waals surface area contributed by atoms with Gasteiger partial charge in [-0.3, -0.25) is 24.6 Å². The number of imide groups is 1. The monoisotopic (exact) mass is 385 g/mol. The Kier molecular flexibility index (Phi) is 5.18. The molecule has 0 saturated carbocycles. The van der Waals surface area contributed by atoms with E-state index in [4.69, 9.17) is 5.73 Å². The van der Waals surface area contributed by atoms with Gasteiger partial charge in [0.2, 0.25) is 11.8 Å². The molecule has 1 aromatic carbocycles. The van der Waals surface area contributed by atoms with Gasteiger partial charge in [0.05, 0.1) is 0 Å². The molecule has 4 rings (SSSR count). The Morgan fingerprint density at radius 3 is 2.79 bits per heavy atom. The zero-order valence-corrected chi connectivity index (χ0v) is 16.2. The Hall–Kier alpha value is -2.29. The van der Waals surface area contributed by atoms with E-state index >= 15 is 0 Å². The number of fused-ring (bicyclic) bond motifs is 1. The third-order valence-corrected chi connectivity index (χ3v) is 6.09. The van der Waals surface area contributed by atoms with Gasteiger partial charge < -0.3 is 15.5 Å². The standard InChI is InChI=1S/C20H27N5O3/c1-23-7-8-24(15(9-21)12-23)10-13-3-2-4-14-11-25(20(28)18(13)14)16-5-6-17(26)22-19(16)27/h2-4,15-16H,5-12,21H2,1H3,(H,22,26,27). The molecule has 0 radical (unpaired) electrons. The van der Waals surface area contributed by atoms with E-state index in [-0.39, 0.29) is 30.2 Å². The van der Waals surface area contributed by atoms with Crippen molar-refractivity contribution < 1.29 is 14.4 Å². The van der Waals surface area contributed by atoms with Crippen LogP contribution in [-0.4, -0.2) is 77.7 Å². The third kappa shape index (κ3) is 3.43. The van der Waals surface area contributed by atoms with Gasteiger partial charge >= 0.3 is 0 Å². The summed E-state index contributed by atoms with van der Waals surface area (Å²) in [6, 6.07) is 5.61. The first-order valence-electron chi connectivity index (χ1n) is 9.86. The van der Waals surface area contributed by atoms with E-state index in [2.05, 4.69) is 22.2 Å². The van der Waals surface area contributed by atoms with Crippen molar-refractivity contribution in [2.75, 3.05) is 33.2 Å². The highest BCUT2D eigenvalue weighted by Crippen LogP contribution is 2.30. The van der Waals surface area contributed by atoms with Gasteiger partial charge in [-0.2, -0.15) is 0 Å². The minimum absolute atomic E-state index is 0.112. The molecule has 0 bridgehead atoms. The van der Waals surface area contributed by atoms with Gasteiger partial charge in [0.1, 0.15) is 6.04 Å². The summed E-state index contributed by atoms with van der Waals surface area (Å²) in [5.74, 6) is -0.756. The topological polar surface area (TPSA) is 99.0 Å². The van der Waals surface area contributed by atoms with Crippen LogP contribution in [-0.2, 0) is 22.7 Å². The Balaban J connectivity index is 1.55. The van der Waals surface area contributed by atoms with E-state index in [1.807, 2.05) is 18.2 Å². The van der Waals surface area contributed by atoms with Crippen molar-refractivity contribution in [3.05, 3.63) is 34.9 Å². The summed E-state index contributed by atoms with van der Waals surface area (Å²) in [4.78, 5) is 43.1. The lowest BCUT2D eigenvalue weighted by molar-refractivity contribution is -0.136. The molecule has 2 unspecified atom stereocenters. The second-order valence-corrected chi connectivity index (χ2v) is 7.97. The van der Waals surface area contributed by atoms with E-state index in [1.54, 1.807) is 4.90 Å². The number of carbonyl (C=O) groups is 3. The third-order valence-electron chi connectivity index (χ3n) is 6.09. The number of benzene rings is 1. The number of nitrogens with one attached hydrogen (secondary N) is 1. The first kappa shape index (κ1) is 19.0. The Morgan fingerprint density at radius 1 is 1.21 bits per heavy atom. The lowest BCUT2D eigenvalue weighted by Gasteiger charge is -2.39. The summed E-state index contributed by atoms with van der Waals surface area (Å²) in [5, 5.41) is 2.35. The van der Waals surface area contributed by atoms with Crippen molar-refractivity contribution >= 4 is 17.7 Å². The largest absolute Gasteiger partial charge is 0.329 e. The Bertz CT molecular complexity index is 811. The molecular formula is C20H27N5O3. The van der Waals surface area contributed by atoms with Crippen LogP contribution in [0.15, 0.2) is 18.2 Å². The predicted molar refractivity (Wildman–Crippen MR) is 103 cm³/mol. The number of piperazine rings is 1. The first-order valence-corrected chi connectivity index (χ1v) is 9.86. The summed E-state index contributed by atoms with van der Waals surface area (Å²) in [6.45, 7) is 4.47. The average Bonchev–Trinajstić information content (AvgIpc) is 3.00. The average molecular weight is 385 g/mol. The van der Waals surface area contributed by atoms with Crippen LogP contribution < -0.4 is 11.1 Å². The number of rotatable bonds is 4. The minimum Gasteiger partial charge on any atom is -0.329 e. The lowest BCUT2D eigenvalue weighted by atomic mass is 10.0. The summed E-state index contributed by atoms with van der Waals surface area (Å²) >= 11 is 0. The van der Waals surface area contributed by atoms with Crippen molar-refractivity contribution in [1.82, 2.24) is 20.0 Å². The summed E-state index contributed by atoms with van der Waals surface area (Å²) < 4.78 is 0. The molecule has 28 heavy (non-hydrogen) atoms. The molecule has 3 aliphatic rings. The van der Waals surface area contributed by atoms with E-state index in [9.17, 15) is 14.4 Å². The molecule has 8 nitrogen and oxygen atoms in total. The maximum absolute atomic E-state index is 13.2. The quantitative estimate of drug-likeness (QED) is 0.680. The fraction of sp³-hybridized carbons (Fsp3) is 0.550. The second-order valence-electron chi connectivity index (χ2n) is 7.97. The van der Waals surface area contributed by atoms with Gasteiger partial charge in [0.25, 0.3) is 5.91 Å². The summed E-state index contributed by atoms with van der Waals surface area (Å²) in [7, 11) is 2.10.